The summed E-state index contributed by atoms with van der Waals surface area (Å²) in [4.78, 5) is 20.6. The van der Waals surface area contributed by atoms with Crippen molar-refractivity contribution in [2.75, 3.05) is 19.6 Å². The fraction of sp³-hybridized carbons (Fsp3) is 0.591. The van der Waals surface area contributed by atoms with E-state index in [0.717, 1.165) is 37.1 Å². The Balaban J connectivity index is 1.53. The van der Waals surface area contributed by atoms with Crippen molar-refractivity contribution in [3.05, 3.63) is 47.1 Å². The summed E-state index contributed by atoms with van der Waals surface area (Å²) in [5.41, 5.74) is 0.184. The van der Waals surface area contributed by atoms with E-state index < -0.39 is 11.7 Å². The van der Waals surface area contributed by atoms with E-state index in [-0.39, 0.29) is 11.9 Å². The van der Waals surface area contributed by atoms with Gasteiger partial charge in [-0.3, -0.25) is 9.69 Å². The first-order valence-corrected chi connectivity index (χ1v) is 10.6. The van der Waals surface area contributed by atoms with Gasteiger partial charge in [0.25, 0.3) is 0 Å². The maximum absolute atomic E-state index is 12.7. The van der Waals surface area contributed by atoms with Crippen LogP contribution in [0.3, 0.4) is 0 Å². The minimum atomic E-state index is -4.33. The molecule has 0 spiro atoms. The molecule has 0 aliphatic carbocycles. The minimum Gasteiger partial charge on any atom is -0.339 e. The Morgan fingerprint density at radius 2 is 2.00 bits per heavy atom. The molecular formula is C22H29F3N4O2. The number of rotatable bonds is 8. The molecule has 1 aromatic heterocycles. The van der Waals surface area contributed by atoms with Crippen LogP contribution in [0.1, 0.15) is 50.0 Å². The highest BCUT2D eigenvalue weighted by molar-refractivity contribution is 5.73. The van der Waals surface area contributed by atoms with E-state index >= 15 is 0 Å². The van der Waals surface area contributed by atoms with Crippen molar-refractivity contribution in [1.82, 2.24) is 19.9 Å². The predicted molar refractivity (Wildman–Crippen MR) is 109 cm³/mol. The van der Waals surface area contributed by atoms with E-state index in [1.54, 1.807) is 6.92 Å². The Labute approximate surface area is 180 Å². The Morgan fingerprint density at radius 1 is 1.29 bits per heavy atom. The zero-order valence-corrected chi connectivity index (χ0v) is 18.2. The molecule has 1 fully saturated rings. The Bertz CT molecular complexity index is 864. The topological polar surface area (TPSA) is 62.5 Å². The number of aromatic nitrogens is 2. The minimum absolute atomic E-state index is 0.00715. The van der Waals surface area contributed by atoms with Crippen molar-refractivity contribution in [2.45, 2.75) is 58.8 Å². The molecule has 0 N–H and O–H groups in total. The van der Waals surface area contributed by atoms with Crippen molar-refractivity contribution in [1.29, 1.82) is 0 Å². The van der Waals surface area contributed by atoms with Gasteiger partial charge in [-0.1, -0.05) is 31.1 Å². The van der Waals surface area contributed by atoms with Crippen LogP contribution in [0.4, 0.5) is 13.2 Å². The number of alkyl halides is 3. The van der Waals surface area contributed by atoms with Crippen LogP contribution < -0.4 is 0 Å². The molecule has 31 heavy (non-hydrogen) atoms. The maximum atomic E-state index is 12.7. The van der Waals surface area contributed by atoms with Gasteiger partial charge in [-0.2, -0.15) is 18.2 Å². The second-order valence-electron chi connectivity index (χ2n) is 8.54. The number of hydrogen-bond acceptors (Lipinski definition) is 5. The van der Waals surface area contributed by atoms with Crippen LogP contribution in [0.2, 0.25) is 0 Å². The highest BCUT2D eigenvalue weighted by atomic mass is 19.4. The molecule has 2 heterocycles. The van der Waals surface area contributed by atoms with Gasteiger partial charge < -0.3 is 9.42 Å². The van der Waals surface area contributed by atoms with Crippen molar-refractivity contribution >= 4 is 5.91 Å². The summed E-state index contributed by atoms with van der Waals surface area (Å²) >= 11 is 0. The SMILES string of the molecule is CC(=O)N(CCc1noc(CC(C)C)n1)C1CCN(Cc2ccc(C(F)(F)F)cc2)C1. The van der Waals surface area contributed by atoms with E-state index in [1.807, 2.05) is 4.90 Å². The second kappa shape index (κ2) is 9.80. The maximum Gasteiger partial charge on any atom is 0.416 e. The van der Waals surface area contributed by atoms with E-state index in [1.165, 1.54) is 12.1 Å². The van der Waals surface area contributed by atoms with Crippen LogP contribution in [0, 0.1) is 5.92 Å². The number of amides is 1. The molecule has 2 aromatic rings. The molecule has 1 unspecified atom stereocenters. The van der Waals surface area contributed by atoms with Crippen molar-refractivity contribution in [3.63, 3.8) is 0 Å². The lowest BCUT2D eigenvalue weighted by Gasteiger charge is -2.28. The van der Waals surface area contributed by atoms with Crippen LogP contribution in [0.5, 0.6) is 0 Å². The zero-order chi connectivity index (χ0) is 22.6. The van der Waals surface area contributed by atoms with Crippen molar-refractivity contribution in [3.8, 4) is 0 Å². The first-order valence-electron chi connectivity index (χ1n) is 10.6. The van der Waals surface area contributed by atoms with Gasteiger partial charge in [0.15, 0.2) is 5.82 Å². The Kier molecular flexibility index (Phi) is 7.35. The van der Waals surface area contributed by atoms with E-state index in [4.69, 9.17) is 4.52 Å². The molecule has 6 nitrogen and oxygen atoms in total. The van der Waals surface area contributed by atoms with Gasteiger partial charge in [0.05, 0.1) is 5.56 Å². The third-order valence-corrected chi connectivity index (χ3v) is 5.45. The summed E-state index contributed by atoms with van der Waals surface area (Å²) in [7, 11) is 0. The molecule has 170 valence electrons. The third kappa shape index (κ3) is 6.53. The largest absolute Gasteiger partial charge is 0.416 e. The number of likely N-dealkylation sites (tertiary alicyclic amines) is 1. The molecular weight excluding hydrogens is 409 g/mol. The molecule has 1 aliphatic heterocycles. The van der Waals surface area contributed by atoms with Gasteiger partial charge in [0.2, 0.25) is 11.8 Å². The molecule has 1 saturated heterocycles. The molecule has 1 aromatic carbocycles. The number of halogens is 3. The fourth-order valence-electron chi connectivity index (χ4n) is 3.91. The van der Waals surface area contributed by atoms with Crippen LogP contribution >= 0.6 is 0 Å². The molecule has 3 rings (SSSR count). The number of carbonyl (C=O) groups excluding carboxylic acids is 1. The second-order valence-corrected chi connectivity index (χ2v) is 8.54. The van der Waals surface area contributed by atoms with Crippen LogP contribution in [0.25, 0.3) is 0 Å². The summed E-state index contributed by atoms with van der Waals surface area (Å²) in [5.74, 6) is 1.63. The van der Waals surface area contributed by atoms with Gasteiger partial charge >= 0.3 is 6.18 Å². The lowest BCUT2D eigenvalue weighted by atomic mass is 10.1. The first kappa shape index (κ1) is 23.2. The Morgan fingerprint density at radius 3 is 2.61 bits per heavy atom. The predicted octanol–water partition coefficient (Wildman–Crippen LogP) is 3.95. The smallest absolute Gasteiger partial charge is 0.339 e. The average molecular weight is 438 g/mol. The molecule has 0 saturated carbocycles. The highest BCUT2D eigenvalue weighted by Crippen LogP contribution is 2.29. The van der Waals surface area contributed by atoms with Gasteiger partial charge in [-0.05, 0) is 30.0 Å². The standard InChI is InChI=1S/C22H29F3N4O2/c1-15(2)12-21-26-20(27-31-21)9-11-29(16(3)30)19-8-10-28(14-19)13-17-4-6-18(7-5-17)22(23,24)25/h4-7,15,19H,8-14H2,1-3H3. The average Bonchev–Trinajstić information content (AvgIpc) is 3.31. The summed E-state index contributed by atoms with van der Waals surface area (Å²) in [5, 5.41) is 4.01. The summed E-state index contributed by atoms with van der Waals surface area (Å²) in [6.45, 7) is 8.26. The summed E-state index contributed by atoms with van der Waals surface area (Å²) in [6, 6.07) is 5.33. The van der Waals surface area contributed by atoms with E-state index in [2.05, 4.69) is 28.9 Å². The van der Waals surface area contributed by atoms with E-state index in [0.29, 0.717) is 43.7 Å². The number of nitrogens with zero attached hydrogens (tertiary/aromatic N) is 4. The Hall–Kier alpha value is -2.42. The van der Waals surface area contributed by atoms with Gasteiger partial charge in [-0.15, -0.1) is 0 Å². The molecule has 1 atom stereocenters. The summed E-state index contributed by atoms with van der Waals surface area (Å²) < 4.78 is 43.5. The third-order valence-electron chi connectivity index (χ3n) is 5.45. The van der Waals surface area contributed by atoms with Gasteiger partial charge in [0.1, 0.15) is 0 Å². The fourth-order valence-corrected chi connectivity index (χ4v) is 3.91. The lowest BCUT2D eigenvalue weighted by molar-refractivity contribution is -0.137. The first-order chi connectivity index (χ1) is 14.6. The number of hydrogen-bond donors (Lipinski definition) is 0. The monoisotopic (exact) mass is 438 g/mol. The van der Waals surface area contributed by atoms with Crippen molar-refractivity contribution < 1.29 is 22.5 Å². The molecule has 1 amide bonds. The normalized spacial score (nSPS) is 17.5. The number of benzene rings is 1. The van der Waals surface area contributed by atoms with Crippen molar-refractivity contribution in [2.24, 2.45) is 5.92 Å². The number of carbonyl (C=O) groups is 1. The summed E-state index contributed by atoms with van der Waals surface area (Å²) in [6.07, 6.45) is -2.25. The highest BCUT2D eigenvalue weighted by Gasteiger charge is 2.31. The van der Waals surface area contributed by atoms with Crippen LogP contribution in [-0.4, -0.2) is 51.5 Å². The molecule has 9 heteroatoms. The van der Waals surface area contributed by atoms with Gasteiger partial charge in [-0.25, -0.2) is 0 Å². The quantitative estimate of drug-likeness (QED) is 0.625. The zero-order valence-electron chi connectivity index (χ0n) is 18.2. The molecule has 0 radical (unpaired) electrons. The molecule has 0 bridgehead atoms. The van der Waals surface area contributed by atoms with Gasteiger partial charge in [0, 0.05) is 52.0 Å². The van der Waals surface area contributed by atoms with Crippen LogP contribution in [-0.2, 0) is 30.4 Å². The van der Waals surface area contributed by atoms with E-state index in [9.17, 15) is 18.0 Å². The molecule has 1 aliphatic rings. The lowest BCUT2D eigenvalue weighted by Crippen LogP contribution is -2.42. The van der Waals surface area contributed by atoms with Crippen LogP contribution in [0.15, 0.2) is 28.8 Å².